The van der Waals surface area contributed by atoms with E-state index in [4.69, 9.17) is 4.74 Å². The molecule has 118 valence electrons. The van der Waals surface area contributed by atoms with E-state index in [1.807, 2.05) is 24.3 Å². The predicted molar refractivity (Wildman–Crippen MR) is 82.3 cm³/mol. The largest absolute Gasteiger partial charge is 0.380 e. The molecule has 4 nitrogen and oxygen atoms in total. The van der Waals surface area contributed by atoms with Crippen molar-refractivity contribution in [2.24, 2.45) is 0 Å². The third kappa shape index (κ3) is 4.13. The lowest BCUT2D eigenvalue weighted by atomic mass is 10.1. The quantitative estimate of drug-likeness (QED) is 0.889. The van der Waals surface area contributed by atoms with Crippen LogP contribution in [0.5, 0.6) is 0 Å². The highest BCUT2D eigenvalue weighted by atomic mass is 32.2. The Bertz CT molecular complexity index is 760. The molecule has 0 unspecified atom stereocenters. The molecule has 0 radical (unpaired) electrons. The summed E-state index contributed by atoms with van der Waals surface area (Å²) in [5.74, 6) is -0.537. The third-order valence-electron chi connectivity index (χ3n) is 3.22. The second-order valence-corrected chi connectivity index (χ2v) is 6.76. The van der Waals surface area contributed by atoms with Crippen molar-refractivity contribution in [1.29, 1.82) is 0 Å². The molecular weight excluding hydrogens is 305 g/mol. The van der Waals surface area contributed by atoms with Crippen molar-refractivity contribution >= 4 is 10.0 Å². The number of nitrogens with one attached hydrogen (secondary N) is 1. The number of aryl methyl sites for hydroxylation is 1. The summed E-state index contributed by atoms with van der Waals surface area (Å²) in [6, 6.07) is 11.3. The fourth-order valence-electron chi connectivity index (χ4n) is 2.00. The molecule has 1 N–H and O–H groups in total. The van der Waals surface area contributed by atoms with Crippen LogP contribution in [0, 0.1) is 12.7 Å². The minimum Gasteiger partial charge on any atom is -0.380 e. The van der Waals surface area contributed by atoms with Crippen LogP contribution < -0.4 is 4.72 Å². The molecule has 0 aliphatic carbocycles. The van der Waals surface area contributed by atoms with Gasteiger partial charge in [0.15, 0.2) is 0 Å². The number of sulfonamides is 1. The van der Waals surface area contributed by atoms with Gasteiger partial charge in [-0.2, -0.15) is 0 Å². The van der Waals surface area contributed by atoms with Gasteiger partial charge in [-0.1, -0.05) is 30.3 Å². The van der Waals surface area contributed by atoms with Gasteiger partial charge in [0.25, 0.3) is 0 Å². The molecule has 0 amide bonds. The SMILES string of the molecule is COCc1cccc(CNS(=O)(=O)c2ccc(C)c(F)c2)c1. The maximum absolute atomic E-state index is 13.5. The molecule has 0 aliphatic rings. The first-order chi connectivity index (χ1) is 10.4. The van der Waals surface area contributed by atoms with Crippen LogP contribution in [-0.2, 0) is 27.9 Å². The zero-order valence-corrected chi connectivity index (χ0v) is 13.3. The molecule has 0 fully saturated rings. The predicted octanol–water partition coefficient (Wildman–Crippen LogP) is 2.76. The van der Waals surface area contributed by atoms with Crippen molar-refractivity contribution < 1.29 is 17.5 Å². The van der Waals surface area contributed by atoms with Gasteiger partial charge in [-0.15, -0.1) is 0 Å². The summed E-state index contributed by atoms with van der Waals surface area (Å²) in [6.07, 6.45) is 0. The van der Waals surface area contributed by atoms with E-state index in [1.165, 1.54) is 12.1 Å². The van der Waals surface area contributed by atoms with Crippen LogP contribution in [-0.4, -0.2) is 15.5 Å². The van der Waals surface area contributed by atoms with Crippen LogP contribution in [0.4, 0.5) is 4.39 Å². The van der Waals surface area contributed by atoms with Crippen LogP contribution in [0.15, 0.2) is 47.4 Å². The summed E-state index contributed by atoms with van der Waals surface area (Å²) in [5, 5.41) is 0. The normalized spacial score (nSPS) is 11.6. The number of hydrogen-bond acceptors (Lipinski definition) is 3. The summed E-state index contributed by atoms with van der Waals surface area (Å²) in [7, 11) is -2.15. The molecule has 0 bridgehead atoms. The van der Waals surface area contributed by atoms with Crippen LogP contribution in [0.25, 0.3) is 0 Å². The van der Waals surface area contributed by atoms with E-state index < -0.39 is 15.8 Å². The summed E-state index contributed by atoms with van der Waals surface area (Å²) in [5.41, 5.74) is 2.18. The number of hydrogen-bond donors (Lipinski definition) is 1. The number of rotatable bonds is 6. The molecule has 0 aromatic heterocycles. The van der Waals surface area contributed by atoms with Crippen molar-refractivity contribution in [2.75, 3.05) is 7.11 Å². The van der Waals surface area contributed by atoms with E-state index in [-0.39, 0.29) is 11.4 Å². The average Bonchev–Trinajstić information content (AvgIpc) is 2.49. The topological polar surface area (TPSA) is 55.4 Å². The van der Waals surface area contributed by atoms with Gasteiger partial charge in [0.1, 0.15) is 5.82 Å². The molecule has 0 atom stereocenters. The molecule has 22 heavy (non-hydrogen) atoms. The molecule has 0 spiro atoms. The maximum atomic E-state index is 13.5. The Morgan fingerprint density at radius 3 is 2.55 bits per heavy atom. The van der Waals surface area contributed by atoms with E-state index >= 15 is 0 Å². The first-order valence-electron chi connectivity index (χ1n) is 6.75. The fraction of sp³-hybridized carbons (Fsp3) is 0.250. The molecule has 2 aromatic rings. The van der Waals surface area contributed by atoms with Gasteiger partial charge in [0, 0.05) is 13.7 Å². The minimum atomic E-state index is -3.74. The monoisotopic (exact) mass is 323 g/mol. The second kappa shape index (κ2) is 7.00. The van der Waals surface area contributed by atoms with Crippen molar-refractivity contribution in [1.82, 2.24) is 4.72 Å². The Balaban J connectivity index is 2.12. The first kappa shape index (κ1) is 16.6. The van der Waals surface area contributed by atoms with E-state index in [0.717, 1.165) is 17.2 Å². The lowest BCUT2D eigenvalue weighted by Crippen LogP contribution is -2.23. The number of ether oxygens (including phenoxy) is 1. The standard InChI is InChI=1S/C16H18FNO3S/c1-12-6-7-15(9-16(12)17)22(19,20)18-10-13-4-3-5-14(8-13)11-21-2/h3-9,18H,10-11H2,1-2H3. The molecular formula is C16H18FNO3S. The first-order valence-corrected chi connectivity index (χ1v) is 8.23. The third-order valence-corrected chi connectivity index (χ3v) is 4.62. The molecule has 2 aromatic carbocycles. The highest BCUT2D eigenvalue weighted by Gasteiger charge is 2.15. The van der Waals surface area contributed by atoms with Gasteiger partial charge in [0.2, 0.25) is 10.0 Å². The molecule has 0 aliphatic heterocycles. The highest BCUT2D eigenvalue weighted by molar-refractivity contribution is 7.89. The molecule has 0 heterocycles. The number of benzene rings is 2. The van der Waals surface area contributed by atoms with Crippen LogP contribution in [0.2, 0.25) is 0 Å². The van der Waals surface area contributed by atoms with Gasteiger partial charge >= 0.3 is 0 Å². The summed E-state index contributed by atoms with van der Waals surface area (Å²) in [4.78, 5) is -0.0800. The minimum absolute atomic E-state index is 0.0800. The van der Waals surface area contributed by atoms with Crippen molar-refractivity contribution in [3.8, 4) is 0 Å². The Labute approximate surface area is 130 Å². The Kier molecular flexibility index (Phi) is 5.28. The Morgan fingerprint density at radius 2 is 1.86 bits per heavy atom. The van der Waals surface area contributed by atoms with Gasteiger partial charge in [-0.25, -0.2) is 17.5 Å². The summed E-state index contributed by atoms with van der Waals surface area (Å²) in [6.45, 7) is 2.18. The van der Waals surface area contributed by atoms with Crippen LogP contribution in [0.1, 0.15) is 16.7 Å². The second-order valence-electron chi connectivity index (χ2n) is 4.99. The van der Waals surface area contributed by atoms with Crippen LogP contribution >= 0.6 is 0 Å². The van der Waals surface area contributed by atoms with E-state index in [0.29, 0.717) is 12.2 Å². The summed E-state index contributed by atoms with van der Waals surface area (Å²) < 4.78 is 45.4. The van der Waals surface area contributed by atoms with Gasteiger partial charge < -0.3 is 4.74 Å². The number of methoxy groups -OCH3 is 1. The average molecular weight is 323 g/mol. The van der Waals surface area contributed by atoms with Crippen molar-refractivity contribution in [3.05, 3.63) is 65.0 Å². The Hall–Kier alpha value is -1.76. The smallest absolute Gasteiger partial charge is 0.240 e. The molecule has 2 rings (SSSR count). The lowest BCUT2D eigenvalue weighted by Gasteiger charge is -2.09. The maximum Gasteiger partial charge on any atom is 0.240 e. The Morgan fingerprint density at radius 1 is 1.14 bits per heavy atom. The van der Waals surface area contributed by atoms with Crippen molar-refractivity contribution in [3.63, 3.8) is 0 Å². The van der Waals surface area contributed by atoms with E-state index in [9.17, 15) is 12.8 Å². The van der Waals surface area contributed by atoms with E-state index in [2.05, 4.69) is 4.72 Å². The fourth-order valence-corrected chi connectivity index (χ4v) is 3.03. The number of halogens is 1. The zero-order chi connectivity index (χ0) is 16.2. The zero-order valence-electron chi connectivity index (χ0n) is 12.5. The summed E-state index contributed by atoms with van der Waals surface area (Å²) >= 11 is 0. The molecule has 0 saturated heterocycles. The lowest BCUT2D eigenvalue weighted by molar-refractivity contribution is 0.185. The molecule has 6 heteroatoms. The van der Waals surface area contributed by atoms with Crippen LogP contribution in [0.3, 0.4) is 0 Å². The highest BCUT2D eigenvalue weighted by Crippen LogP contribution is 2.15. The van der Waals surface area contributed by atoms with Gasteiger partial charge in [-0.3, -0.25) is 0 Å². The van der Waals surface area contributed by atoms with Crippen molar-refractivity contribution in [2.45, 2.75) is 25.0 Å². The van der Waals surface area contributed by atoms with Gasteiger partial charge in [-0.05, 0) is 35.7 Å². The van der Waals surface area contributed by atoms with Gasteiger partial charge in [0.05, 0.1) is 11.5 Å². The molecule has 0 saturated carbocycles. The van der Waals surface area contributed by atoms with E-state index in [1.54, 1.807) is 14.0 Å².